The molecule has 13 heteroatoms. The zero-order valence-electron chi connectivity index (χ0n) is 17.6. The Morgan fingerprint density at radius 1 is 0.387 bits per heavy atom. The number of H-pyrrole nitrogens is 1. The van der Waals surface area contributed by atoms with E-state index in [9.17, 15) is 35.7 Å². The van der Waals surface area contributed by atoms with Crippen LogP contribution in [-0.4, -0.2) is 80.0 Å². The van der Waals surface area contributed by atoms with Gasteiger partial charge in [0.05, 0.1) is 5.52 Å². The van der Waals surface area contributed by atoms with Crippen molar-refractivity contribution in [3.8, 4) is 51.4 Å². The maximum Gasteiger partial charge on any atom is 0.204 e. The van der Waals surface area contributed by atoms with Crippen molar-refractivity contribution in [1.82, 2.24) is 4.98 Å². The summed E-state index contributed by atoms with van der Waals surface area (Å²) in [4.78, 5) is 3.07. The van der Waals surface area contributed by atoms with Gasteiger partial charge in [-0.1, -0.05) is 16.4 Å². The van der Waals surface area contributed by atoms with Gasteiger partial charge in [0.1, 0.15) is 45.0 Å². The van der Waals surface area contributed by atoms with Gasteiger partial charge in [-0.3, -0.25) is 0 Å². The first kappa shape index (κ1) is 20.6. The van der Waals surface area contributed by atoms with E-state index in [-0.39, 0.29) is 27.9 Å². The van der Waals surface area contributed by atoms with Gasteiger partial charge >= 0.3 is 0 Å². The molecule has 1 aromatic heterocycles. The number of phenolic OH excluding ortho intramolecular Hbond substituents is 7. The average Bonchev–Trinajstić information content (AvgIpc) is 3.15. The van der Waals surface area contributed by atoms with E-state index in [0.717, 1.165) is 10.8 Å². The average molecular weight is 414 g/mol. The third kappa shape index (κ3) is 2.43. The molecule has 0 bridgehead atoms. The van der Waals surface area contributed by atoms with Crippen molar-refractivity contribution in [3.63, 3.8) is 0 Å². The Hall–Kier alpha value is -3.62. The van der Waals surface area contributed by atoms with E-state index in [2.05, 4.69) is 4.98 Å². The highest BCUT2D eigenvalue weighted by Crippen LogP contribution is 2.50. The van der Waals surface area contributed by atoms with E-state index in [1.807, 2.05) is 7.85 Å². The molecule has 8 N–H and O–H groups in total. The third-order valence-corrected chi connectivity index (χ3v) is 6.36. The van der Waals surface area contributed by atoms with Gasteiger partial charge in [0.15, 0.2) is 23.0 Å². The molecular formula is C18H18B5NO7. The van der Waals surface area contributed by atoms with E-state index >= 15 is 0 Å². The Bertz CT molecular complexity index is 1440. The number of rotatable bonds is 1. The van der Waals surface area contributed by atoms with E-state index in [4.69, 9.17) is 0 Å². The molecule has 0 atom stereocenters. The molecule has 0 radical (unpaired) electrons. The minimum atomic E-state index is -0.941. The Kier molecular flexibility index (Phi) is 4.29. The molecule has 0 amide bonds. The zero-order valence-corrected chi connectivity index (χ0v) is 17.6. The van der Waals surface area contributed by atoms with Crippen LogP contribution in [0.1, 0.15) is 0 Å². The summed E-state index contributed by atoms with van der Waals surface area (Å²) in [5.74, 6) is -4.17. The molecule has 0 aliphatic heterocycles. The van der Waals surface area contributed by atoms with Crippen molar-refractivity contribution in [3.05, 3.63) is 0 Å². The minimum absolute atomic E-state index is 0.00530. The van der Waals surface area contributed by atoms with Crippen LogP contribution in [0.25, 0.3) is 32.9 Å². The molecule has 0 unspecified atom stereocenters. The largest absolute Gasteiger partial charge is 0.509 e. The standard InChI is InChI=1S/C18H18B5NO7/c19-5-1-2-6(20)8(22)14(27)9(23)10(2)24-11(1)16(29)12(25)3(5)4-7(21)15(28)18(31)17(30)13(4)26/h24-31H,19-23H2. The van der Waals surface area contributed by atoms with E-state index in [1.165, 1.54) is 7.85 Å². The van der Waals surface area contributed by atoms with Crippen LogP contribution in [0.5, 0.6) is 40.2 Å². The summed E-state index contributed by atoms with van der Waals surface area (Å²) in [5.41, 5.74) is 3.16. The molecule has 0 saturated carbocycles. The summed E-state index contributed by atoms with van der Waals surface area (Å²) in [7, 11) is 8.41. The highest BCUT2D eigenvalue weighted by molar-refractivity contribution is 6.61. The van der Waals surface area contributed by atoms with Crippen LogP contribution in [0.15, 0.2) is 0 Å². The predicted molar refractivity (Wildman–Crippen MR) is 134 cm³/mol. The van der Waals surface area contributed by atoms with Gasteiger partial charge < -0.3 is 40.7 Å². The second kappa shape index (κ2) is 6.44. The number of hydrogen-bond acceptors (Lipinski definition) is 7. The first-order valence-electron chi connectivity index (χ1n) is 9.57. The molecule has 152 valence electrons. The van der Waals surface area contributed by atoms with E-state index < -0.39 is 34.5 Å². The van der Waals surface area contributed by atoms with E-state index in [1.54, 1.807) is 23.5 Å². The minimum Gasteiger partial charge on any atom is -0.509 e. The fourth-order valence-corrected chi connectivity index (χ4v) is 4.44. The first-order valence-corrected chi connectivity index (χ1v) is 9.57. The second-order valence-electron chi connectivity index (χ2n) is 7.94. The second-order valence-corrected chi connectivity index (χ2v) is 7.94. The number of aromatic nitrogens is 1. The lowest BCUT2D eigenvalue weighted by Crippen LogP contribution is -2.32. The molecule has 0 aliphatic rings. The molecule has 4 aromatic rings. The Labute approximate surface area is 180 Å². The van der Waals surface area contributed by atoms with Crippen molar-refractivity contribution in [2.45, 2.75) is 0 Å². The summed E-state index contributed by atoms with van der Waals surface area (Å²) >= 11 is 0. The fourth-order valence-electron chi connectivity index (χ4n) is 4.44. The summed E-state index contributed by atoms with van der Waals surface area (Å²) in [6.45, 7) is 0. The third-order valence-electron chi connectivity index (χ3n) is 6.36. The van der Waals surface area contributed by atoms with Crippen molar-refractivity contribution in [1.29, 1.82) is 0 Å². The Balaban J connectivity index is 2.30. The molecule has 0 saturated heterocycles. The van der Waals surface area contributed by atoms with Gasteiger partial charge in [0, 0.05) is 22.0 Å². The lowest BCUT2D eigenvalue weighted by atomic mass is 9.71. The Morgan fingerprint density at radius 2 is 0.871 bits per heavy atom. The topological polar surface area (TPSA) is 157 Å². The van der Waals surface area contributed by atoms with Gasteiger partial charge in [0.25, 0.3) is 0 Å². The molecular weight excluding hydrogens is 396 g/mol. The van der Waals surface area contributed by atoms with Crippen LogP contribution in [0.4, 0.5) is 0 Å². The molecule has 0 aliphatic carbocycles. The first-order chi connectivity index (χ1) is 14.4. The molecule has 0 spiro atoms. The highest BCUT2D eigenvalue weighted by Gasteiger charge is 2.29. The van der Waals surface area contributed by atoms with Crippen molar-refractivity contribution < 1.29 is 35.7 Å². The number of nitrogens with one attached hydrogen (secondary N) is 1. The number of aromatic hydroxyl groups is 7. The van der Waals surface area contributed by atoms with Crippen LogP contribution in [0.3, 0.4) is 0 Å². The van der Waals surface area contributed by atoms with Crippen molar-refractivity contribution in [2.75, 3.05) is 0 Å². The maximum absolute atomic E-state index is 10.8. The van der Waals surface area contributed by atoms with Gasteiger partial charge in [-0.05, 0) is 16.3 Å². The molecule has 0 fully saturated rings. The number of fused-ring (bicyclic) bond motifs is 3. The molecule has 31 heavy (non-hydrogen) atoms. The van der Waals surface area contributed by atoms with Gasteiger partial charge in [-0.15, -0.1) is 0 Å². The SMILES string of the molecule is Bc1c(O)c(O)c(O)c(O)c1-c1c(O)c(O)c2[nH]c3c(B)c(O)c(B)c(B)c3c2c1B. The molecule has 4 rings (SSSR count). The smallest absolute Gasteiger partial charge is 0.204 e. The van der Waals surface area contributed by atoms with Crippen LogP contribution >= 0.6 is 0 Å². The zero-order chi connectivity index (χ0) is 23.1. The van der Waals surface area contributed by atoms with Crippen LogP contribution in [-0.2, 0) is 0 Å². The summed E-state index contributed by atoms with van der Waals surface area (Å²) < 4.78 is 0. The summed E-state index contributed by atoms with van der Waals surface area (Å²) in [6.07, 6.45) is 0. The van der Waals surface area contributed by atoms with Crippen LogP contribution in [0.2, 0.25) is 0 Å². The van der Waals surface area contributed by atoms with Crippen molar-refractivity contribution in [2.24, 2.45) is 0 Å². The predicted octanol–water partition coefficient (Wildman–Crippen LogP) is -5.78. The van der Waals surface area contributed by atoms with Crippen molar-refractivity contribution >= 4 is 88.4 Å². The molecule has 8 nitrogen and oxygen atoms in total. The lowest BCUT2D eigenvalue weighted by Gasteiger charge is -2.19. The molecule has 3 aromatic carbocycles. The molecule has 1 heterocycles. The van der Waals surface area contributed by atoms with E-state index in [0.29, 0.717) is 27.3 Å². The van der Waals surface area contributed by atoms with Crippen LogP contribution < -0.4 is 27.3 Å². The van der Waals surface area contributed by atoms with Gasteiger partial charge in [-0.2, -0.15) is 0 Å². The quantitative estimate of drug-likeness (QED) is 0.0876. The normalized spacial score (nSPS) is 11.5. The monoisotopic (exact) mass is 415 g/mol. The highest BCUT2D eigenvalue weighted by atomic mass is 16.3. The number of benzene rings is 3. The Morgan fingerprint density at radius 3 is 1.48 bits per heavy atom. The lowest BCUT2D eigenvalue weighted by molar-refractivity contribution is 0.348. The summed E-state index contributed by atoms with van der Waals surface area (Å²) in [5, 5.41) is 74.0. The number of hydrogen-bond donors (Lipinski definition) is 8. The number of aromatic amines is 1. The summed E-state index contributed by atoms with van der Waals surface area (Å²) in [6, 6.07) is 0. The van der Waals surface area contributed by atoms with Gasteiger partial charge in [0.2, 0.25) is 11.5 Å². The maximum atomic E-state index is 10.8. The van der Waals surface area contributed by atoms with Crippen LogP contribution in [0, 0.1) is 0 Å². The van der Waals surface area contributed by atoms with Gasteiger partial charge in [-0.25, -0.2) is 0 Å². The fraction of sp³-hybridized carbons (Fsp3) is 0. The number of phenols is 7.